The highest BCUT2D eigenvalue weighted by Gasteiger charge is 2.56. The second-order valence-electron chi connectivity index (χ2n) is 14.0. The number of carbonyl (C=O) groups excluding carboxylic acids is 2. The van der Waals surface area contributed by atoms with Crippen molar-refractivity contribution in [2.24, 2.45) is 17.8 Å². The van der Waals surface area contributed by atoms with Gasteiger partial charge in [-0.05, 0) is 103 Å². The molecule has 2 heterocycles. The number of amides is 2. The smallest absolute Gasteiger partial charge is 0.234 e. The van der Waals surface area contributed by atoms with Gasteiger partial charge in [0.15, 0.2) is 0 Å². The molecular weight excluding hydrogens is 616 g/mol. The van der Waals surface area contributed by atoms with Crippen molar-refractivity contribution in [3.63, 3.8) is 0 Å². The van der Waals surface area contributed by atoms with Crippen LogP contribution in [0.15, 0.2) is 83.9 Å². The second kappa shape index (κ2) is 15.2. The summed E-state index contributed by atoms with van der Waals surface area (Å²) in [7, 11) is 0. The third-order valence-electron chi connectivity index (χ3n) is 10.8. The molecule has 4 atom stereocenters. The van der Waals surface area contributed by atoms with Crippen LogP contribution in [0.5, 0.6) is 5.75 Å². The molecular formula is C41H48N2O6. The molecule has 0 unspecified atom stereocenters. The number of rotatable bonds is 11. The van der Waals surface area contributed by atoms with E-state index >= 15 is 0 Å². The number of phenolic OH excluding ortho intramolecular Hbond substituents is 1. The van der Waals surface area contributed by atoms with Crippen LogP contribution in [0.4, 0.5) is 0 Å². The molecule has 1 aliphatic carbocycles. The third kappa shape index (κ3) is 7.29. The van der Waals surface area contributed by atoms with E-state index in [1.165, 1.54) is 10.5 Å². The highest BCUT2D eigenvalue weighted by molar-refractivity contribution is 6.06. The molecule has 3 aromatic rings. The van der Waals surface area contributed by atoms with Gasteiger partial charge >= 0.3 is 0 Å². The Morgan fingerprint density at radius 2 is 1.55 bits per heavy atom. The number of likely N-dealkylation sites (tertiary alicyclic amines) is 2. The summed E-state index contributed by atoms with van der Waals surface area (Å²) in [5.41, 5.74) is 6.76. The largest absolute Gasteiger partial charge is 0.507 e. The van der Waals surface area contributed by atoms with Gasteiger partial charge in [-0.25, -0.2) is 0 Å². The molecule has 8 heteroatoms. The summed E-state index contributed by atoms with van der Waals surface area (Å²) in [6, 6.07) is 23.8. The number of benzene rings is 3. The first kappa shape index (κ1) is 34.8. The number of carbonyl (C=O) groups is 2. The molecule has 3 aromatic carbocycles. The molecule has 0 spiro atoms. The number of hydrogen-bond donors (Lipinski definition) is 4. The molecule has 258 valence electrons. The molecule has 2 aliphatic heterocycles. The zero-order valence-corrected chi connectivity index (χ0v) is 28.5. The molecule has 0 saturated carbocycles. The lowest BCUT2D eigenvalue weighted by molar-refractivity contribution is -0.144. The summed E-state index contributed by atoms with van der Waals surface area (Å²) in [5.74, 6) is -2.36. The molecule has 0 aromatic heterocycles. The Hall–Kier alpha value is -4.08. The monoisotopic (exact) mass is 664 g/mol. The Morgan fingerprint density at radius 3 is 2.16 bits per heavy atom. The van der Waals surface area contributed by atoms with Crippen molar-refractivity contribution in [1.29, 1.82) is 0 Å². The Bertz CT molecular complexity index is 1690. The maximum absolute atomic E-state index is 14.1. The first-order valence-corrected chi connectivity index (χ1v) is 17.5. The number of imide groups is 1. The number of aryl methyl sites for hydroxylation is 2. The molecule has 4 N–H and O–H groups in total. The minimum atomic E-state index is -1.02. The van der Waals surface area contributed by atoms with E-state index < -0.39 is 30.5 Å². The average molecular weight is 665 g/mol. The van der Waals surface area contributed by atoms with Gasteiger partial charge < -0.3 is 20.4 Å². The fourth-order valence-electron chi connectivity index (χ4n) is 8.34. The summed E-state index contributed by atoms with van der Waals surface area (Å²) in [6.07, 6.45) is 3.41. The zero-order valence-electron chi connectivity index (χ0n) is 28.5. The van der Waals surface area contributed by atoms with E-state index in [4.69, 9.17) is 0 Å². The van der Waals surface area contributed by atoms with Crippen LogP contribution in [-0.2, 0) is 16.1 Å². The van der Waals surface area contributed by atoms with E-state index in [1.807, 2.05) is 74.5 Å². The molecule has 6 rings (SSSR count). The van der Waals surface area contributed by atoms with Gasteiger partial charge in [0.05, 0.1) is 31.2 Å². The van der Waals surface area contributed by atoms with Gasteiger partial charge in [-0.1, -0.05) is 66.7 Å². The van der Waals surface area contributed by atoms with Crippen molar-refractivity contribution >= 4 is 23.5 Å². The Morgan fingerprint density at radius 1 is 0.918 bits per heavy atom. The summed E-state index contributed by atoms with van der Waals surface area (Å²) in [6.45, 7) is 5.37. The molecule has 3 aliphatic rings. The van der Waals surface area contributed by atoms with Gasteiger partial charge in [-0.15, -0.1) is 0 Å². The molecule has 8 nitrogen and oxygen atoms in total. The second-order valence-corrected chi connectivity index (χ2v) is 14.0. The van der Waals surface area contributed by atoms with Crippen LogP contribution < -0.4 is 0 Å². The van der Waals surface area contributed by atoms with Crippen molar-refractivity contribution in [3.05, 3.63) is 112 Å². The number of nitrogens with zero attached hydrogens (tertiary/aromatic N) is 2. The van der Waals surface area contributed by atoms with E-state index in [0.717, 1.165) is 47.5 Å². The Kier molecular flexibility index (Phi) is 10.8. The molecule has 0 bridgehead atoms. The summed E-state index contributed by atoms with van der Waals surface area (Å²) in [5, 5.41) is 43.3. The Labute approximate surface area is 289 Å². The molecule has 2 fully saturated rings. The lowest BCUT2D eigenvalue weighted by Crippen LogP contribution is -2.47. The molecule has 2 saturated heterocycles. The summed E-state index contributed by atoms with van der Waals surface area (Å²) in [4.78, 5) is 31.7. The number of aliphatic hydroxyl groups is 3. The Balaban J connectivity index is 1.19. The van der Waals surface area contributed by atoms with Gasteiger partial charge in [-0.2, -0.15) is 0 Å². The number of allylic oxidation sites excluding steroid dienone is 1. The SMILES string of the molecule is Cc1cc(/C=C(/CC[C@@H](O)C2=C(CO)C[C@H]3C(=O)N(C4CCN(Cc5ccccc5)CC4)C(=O)[C@H]3[C@H]2CO)c2ccccc2)cc(C)c1O. The number of fused-ring (bicyclic) bond motifs is 1. The van der Waals surface area contributed by atoms with E-state index in [0.29, 0.717) is 36.8 Å². The topological polar surface area (TPSA) is 122 Å². The van der Waals surface area contributed by atoms with E-state index in [9.17, 15) is 30.0 Å². The van der Waals surface area contributed by atoms with Gasteiger partial charge in [0.25, 0.3) is 0 Å². The van der Waals surface area contributed by atoms with Crippen LogP contribution in [-0.4, -0.2) is 80.5 Å². The molecule has 2 amide bonds. The number of piperidine rings is 1. The van der Waals surface area contributed by atoms with Crippen molar-refractivity contribution < 1.29 is 30.0 Å². The summed E-state index contributed by atoms with van der Waals surface area (Å²) < 4.78 is 0. The maximum Gasteiger partial charge on any atom is 0.234 e. The number of aliphatic hydroxyl groups excluding tert-OH is 3. The standard InChI is InChI=1S/C41H48N2O6/c1-26-19-29(20-27(2)39(26)47)21-31(30-11-7-4-8-12-30)13-14-36(46)37-32(24-44)22-34-38(35(37)25-45)41(49)43(40(34)48)33-15-17-42(18-16-33)23-28-9-5-3-6-10-28/h3-12,19-21,33-36,38,44-47H,13-18,22-25H2,1-2H3/b31-21-/t34-,35+,36-,38-/m1/s1. The predicted octanol–water partition coefficient (Wildman–Crippen LogP) is 5.26. The number of aromatic hydroxyl groups is 1. The number of phenols is 1. The first-order chi connectivity index (χ1) is 23.7. The highest BCUT2D eigenvalue weighted by atomic mass is 16.3. The van der Waals surface area contributed by atoms with Crippen molar-refractivity contribution in [2.75, 3.05) is 26.3 Å². The van der Waals surface area contributed by atoms with Crippen LogP contribution >= 0.6 is 0 Å². The zero-order chi connectivity index (χ0) is 34.7. The van der Waals surface area contributed by atoms with Crippen LogP contribution in [0.25, 0.3) is 11.6 Å². The average Bonchev–Trinajstić information content (AvgIpc) is 3.37. The number of hydrogen-bond acceptors (Lipinski definition) is 7. The van der Waals surface area contributed by atoms with Crippen molar-refractivity contribution in [2.45, 2.75) is 64.6 Å². The fraction of sp³-hybridized carbons (Fsp3) is 0.415. The van der Waals surface area contributed by atoms with Gasteiger partial charge in [0, 0.05) is 31.6 Å². The van der Waals surface area contributed by atoms with E-state index in [1.54, 1.807) is 0 Å². The van der Waals surface area contributed by atoms with Crippen molar-refractivity contribution in [1.82, 2.24) is 9.80 Å². The van der Waals surface area contributed by atoms with E-state index in [2.05, 4.69) is 23.1 Å². The maximum atomic E-state index is 14.1. The van der Waals surface area contributed by atoms with Crippen LogP contribution in [0.3, 0.4) is 0 Å². The van der Waals surface area contributed by atoms with Gasteiger partial charge in [-0.3, -0.25) is 19.4 Å². The van der Waals surface area contributed by atoms with E-state index in [-0.39, 0.29) is 36.6 Å². The molecule has 49 heavy (non-hydrogen) atoms. The highest BCUT2D eigenvalue weighted by Crippen LogP contribution is 2.47. The molecule has 0 radical (unpaired) electrons. The quantitative estimate of drug-likeness (QED) is 0.125. The first-order valence-electron chi connectivity index (χ1n) is 17.5. The van der Waals surface area contributed by atoms with Gasteiger partial charge in [0.2, 0.25) is 11.8 Å². The normalized spacial score (nSPS) is 22.9. The lowest BCUT2D eigenvalue weighted by atomic mass is 9.68. The predicted molar refractivity (Wildman–Crippen MR) is 190 cm³/mol. The lowest BCUT2D eigenvalue weighted by Gasteiger charge is -2.36. The minimum absolute atomic E-state index is 0.200. The van der Waals surface area contributed by atoms with Crippen LogP contribution in [0.2, 0.25) is 0 Å². The van der Waals surface area contributed by atoms with Crippen LogP contribution in [0, 0.1) is 31.6 Å². The summed E-state index contributed by atoms with van der Waals surface area (Å²) >= 11 is 0. The third-order valence-corrected chi connectivity index (χ3v) is 10.8. The van der Waals surface area contributed by atoms with Gasteiger partial charge in [0.1, 0.15) is 5.75 Å². The fourth-order valence-corrected chi connectivity index (χ4v) is 8.34. The van der Waals surface area contributed by atoms with Crippen molar-refractivity contribution in [3.8, 4) is 5.75 Å². The minimum Gasteiger partial charge on any atom is -0.507 e. The van der Waals surface area contributed by atoms with Crippen LogP contribution in [0.1, 0.15) is 59.9 Å².